The number of halogens is 3. The summed E-state index contributed by atoms with van der Waals surface area (Å²) in [6.07, 6.45) is -6.16. The molecule has 0 saturated heterocycles. The Kier molecular flexibility index (Phi) is 3.98. The lowest BCUT2D eigenvalue weighted by atomic mass is 10.2. The van der Waals surface area contributed by atoms with Crippen molar-refractivity contribution in [3.8, 4) is 0 Å². The number of furan rings is 1. The van der Waals surface area contributed by atoms with Crippen LogP contribution in [0.2, 0.25) is 0 Å². The van der Waals surface area contributed by atoms with Gasteiger partial charge in [0, 0.05) is 12.1 Å². The molecule has 0 bridgehead atoms. The molecule has 3 nitrogen and oxygen atoms in total. The van der Waals surface area contributed by atoms with Gasteiger partial charge in [-0.2, -0.15) is 13.2 Å². The number of nitrogens with two attached hydrogens (primary N) is 1. The van der Waals surface area contributed by atoms with Crippen LogP contribution in [-0.4, -0.2) is 12.3 Å². The zero-order valence-corrected chi connectivity index (χ0v) is 9.10. The predicted octanol–water partition coefficient (Wildman–Crippen LogP) is 2.51. The SMILES string of the molecule is Cc1oc(COC(C)C(F)(F)F)cc1CN. The van der Waals surface area contributed by atoms with E-state index in [1.807, 2.05) is 0 Å². The van der Waals surface area contributed by atoms with Crippen molar-refractivity contribution < 1.29 is 22.3 Å². The summed E-state index contributed by atoms with van der Waals surface area (Å²) in [5, 5.41) is 0. The standard InChI is InChI=1S/C10H14F3NO2/c1-6-8(4-14)3-9(16-6)5-15-7(2)10(11,12)13/h3,7H,4-5,14H2,1-2H3. The molecule has 1 atom stereocenters. The van der Waals surface area contributed by atoms with Crippen LogP contribution in [0.15, 0.2) is 10.5 Å². The van der Waals surface area contributed by atoms with Gasteiger partial charge in [0.2, 0.25) is 0 Å². The summed E-state index contributed by atoms with van der Waals surface area (Å²) in [5.74, 6) is 0.967. The maximum Gasteiger partial charge on any atom is 0.414 e. The van der Waals surface area contributed by atoms with E-state index >= 15 is 0 Å². The second-order valence-electron chi connectivity index (χ2n) is 3.49. The van der Waals surface area contributed by atoms with Gasteiger partial charge in [-0.25, -0.2) is 0 Å². The van der Waals surface area contributed by atoms with E-state index in [2.05, 4.69) is 4.74 Å². The van der Waals surface area contributed by atoms with Crippen LogP contribution in [0.1, 0.15) is 24.0 Å². The third-order valence-corrected chi connectivity index (χ3v) is 2.23. The average molecular weight is 237 g/mol. The number of alkyl halides is 3. The third-order valence-electron chi connectivity index (χ3n) is 2.23. The van der Waals surface area contributed by atoms with Crippen molar-refractivity contribution in [3.05, 3.63) is 23.2 Å². The fourth-order valence-electron chi connectivity index (χ4n) is 1.16. The quantitative estimate of drug-likeness (QED) is 0.875. The van der Waals surface area contributed by atoms with E-state index in [-0.39, 0.29) is 6.61 Å². The van der Waals surface area contributed by atoms with E-state index in [0.717, 1.165) is 12.5 Å². The van der Waals surface area contributed by atoms with Gasteiger partial charge in [0.25, 0.3) is 0 Å². The minimum atomic E-state index is -4.35. The normalized spacial score (nSPS) is 14.1. The van der Waals surface area contributed by atoms with E-state index in [4.69, 9.17) is 10.2 Å². The first-order valence-corrected chi connectivity index (χ1v) is 4.81. The maximum atomic E-state index is 12.1. The maximum absolute atomic E-state index is 12.1. The molecule has 1 aromatic heterocycles. The van der Waals surface area contributed by atoms with Gasteiger partial charge in [0.15, 0.2) is 6.10 Å². The van der Waals surface area contributed by atoms with Crippen LogP contribution in [0.25, 0.3) is 0 Å². The van der Waals surface area contributed by atoms with E-state index in [9.17, 15) is 13.2 Å². The fourth-order valence-corrected chi connectivity index (χ4v) is 1.16. The summed E-state index contributed by atoms with van der Waals surface area (Å²) in [6, 6.07) is 1.61. The van der Waals surface area contributed by atoms with Gasteiger partial charge in [0.05, 0.1) is 0 Å². The smallest absolute Gasteiger partial charge is 0.414 e. The number of rotatable bonds is 4. The molecule has 0 aliphatic carbocycles. The molecule has 0 aliphatic heterocycles. The summed E-state index contributed by atoms with van der Waals surface area (Å²) in [4.78, 5) is 0. The van der Waals surface area contributed by atoms with Crippen LogP contribution < -0.4 is 5.73 Å². The number of aryl methyl sites for hydroxylation is 1. The van der Waals surface area contributed by atoms with E-state index in [0.29, 0.717) is 18.1 Å². The Morgan fingerprint density at radius 1 is 1.50 bits per heavy atom. The number of ether oxygens (including phenoxy) is 1. The van der Waals surface area contributed by atoms with Crippen LogP contribution >= 0.6 is 0 Å². The lowest BCUT2D eigenvalue weighted by Crippen LogP contribution is -2.28. The zero-order chi connectivity index (χ0) is 12.3. The Morgan fingerprint density at radius 3 is 2.56 bits per heavy atom. The molecule has 1 rings (SSSR count). The van der Waals surface area contributed by atoms with Crippen LogP contribution in [0.4, 0.5) is 13.2 Å². The number of hydrogen-bond acceptors (Lipinski definition) is 3. The largest absolute Gasteiger partial charge is 0.464 e. The van der Waals surface area contributed by atoms with Crippen LogP contribution in [0, 0.1) is 6.92 Å². The molecule has 6 heteroatoms. The molecule has 0 amide bonds. The van der Waals surface area contributed by atoms with Gasteiger partial charge in [0.1, 0.15) is 18.1 Å². The first-order chi connectivity index (χ1) is 7.34. The molecule has 0 fully saturated rings. The van der Waals surface area contributed by atoms with Crippen LogP contribution in [0.3, 0.4) is 0 Å². The first-order valence-electron chi connectivity index (χ1n) is 4.81. The van der Waals surface area contributed by atoms with Gasteiger partial charge in [-0.3, -0.25) is 0 Å². The predicted molar refractivity (Wildman–Crippen MR) is 51.6 cm³/mol. The van der Waals surface area contributed by atoms with Gasteiger partial charge in [-0.1, -0.05) is 0 Å². The highest BCUT2D eigenvalue weighted by molar-refractivity contribution is 5.19. The molecule has 0 radical (unpaired) electrons. The van der Waals surface area contributed by atoms with Crippen molar-refractivity contribution in [2.24, 2.45) is 5.73 Å². The molecule has 0 saturated carbocycles. The summed E-state index contributed by atoms with van der Waals surface area (Å²) in [5.41, 5.74) is 6.18. The van der Waals surface area contributed by atoms with Gasteiger partial charge < -0.3 is 14.9 Å². The van der Waals surface area contributed by atoms with Crippen molar-refractivity contribution in [2.45, 2.75) is 39.3 Å². The fraction of sp³-hybridized carbons (Fsp3) is 0.600. The highest BCUT2D eigenvalue weighted by Crippen LogP contribution is 2.24. The second-order valence-corrected chi connectivity index (χ2v) is 3.49. The van der Waals surface area contributed by atoms with Gasteiger partial charge in [-0.05, 0) is 19.9 Å². The molecule has 1 unspecified atom stereocenters. The molecular formula is C10H14F3NO2. The molecule has 0 aromatic carbocycles. The third kappa shape index (κ3) is 3.24. The molecule has 1 aromatic rings. The van der Waals surface area contributed by atoms with E-state index in [1.54, 1.807) is 13.0 Å². The first kappa shape index (κ1) is 13.1. The Balaban J connectivity index is 2.55. The van der Waals surface area contributed by atoms with Crippen LogP contribution in [0.5, 0.6) is 0 Å². The Labute approximate surface area is 91.4 Å². The molecular weight excluding hydrogens is 223 g/mol. The van der Waals surface area contributed by atoms with Crippen molar-refractivity contribution in [2.75, 3.05) is 0 Å². The lowest BCUT2D eigenvalue weighted by Gasteiger charge is -2.15. The molecule has 1 heterocycles. The van der Waals surface area contributed by atoms with Crippen molar-refractivity contribution in [3.63, 3.8) is 0 Å². The summed E-state index contributed by atoms with van der Waals surface area (Å²) in [7, 11) is 0. The average Bonchev–Trinajstić information content (AvgIpc) is 2.54. The van der Waals surface area contributed by atoms with Gasteiger partial charge >= 0.3 is 6.18 Å². The molecule has 16 heavy (non-hydrogen) atoms. The molecule has 0 spiro atoms. The summed E-state index contributed by atoms with van der Waals surface area (Å²) in [6.45, 7) is 2.75. The second kappa shape index (κ2) is 4.88. The summed E-state index contributed by atoms with van der Waals surface area (Å²) < 4.78 is 46.2. The Morgan fingerprint density at radius 2 is 2.12 bits per heavy atom. The minimum Gasteiger partial charge on any atom is -0.464 e. The lowest BCUT2D eigenvalue weighted by molar-refractivity contribution is -0.218. The monoisotopic (exact) mass is 237 g/mol. The molecule has 2 N–H and O–H groups in total. The number of hydrogen-bond donors (Lipinski definition) is 1. The Hall–Kier alpha value is -1.01. The zero-order valence-electron chi connectivity index (χ0n) is 9.10. The van der Waals surface area contributed by atoms with E-state index in [1.165, 1.54) is 0 Å². The molecule has 92 valence electrons. The summed E-state index contributed by atoms with van der Waals surface area (Å²) >= 11 is 0. The highest BCUT2D eigenvalue weighted by atomic mass is 19.4. The van der Waals surface area contributed by atoms with Crippen molar-refractivity contribution in [1.82, 2.24) is 0 Å². The highest BCUT2D eigenvalue weighted by Gasteiger charge is 2.37. The van der Waals surface area contributed by atoms with Gasteiger partial charge in [-0.15, -0.1) is 0 Å². The van der Waals surface area contributed by atoms with E-state index < -0.39 is 12.3 Å². The van der Waals surface area contributed by atoms with Crippen molar-refractivity contribution >= 4 is 0 Å². The van der Waals surface area contributed by atoms with Crippen molar-refractivity contribution in [1.29, 1.82) is 0 Å². The topological polar surface area (TPSA) is 48.4 Å². The Bertz CT molecular complexity index is 346. The van der Waals surface area contributed by atoms with Crippen LogP contribution in [-0.2, 0) is 17.9 Å². The minimum absolute atomic E-state index is 0.207. The molecule has 0 aliphatic rings.